The fourth-order valence-electron chi connectivity index (χ4n) is 2.76. The van der Waals surface area contributed by atoms with Crippen molar-refractivity contribution in [3.63, 3.8) is 0 Å². The van der Waals surface area contributed by atoms with Crippen molar-refractivity contribution in [1.29, 1.82) is 0 Å². The number of nitrogens with one attached hydrogen (secondary N) is 2. The number of amides is 1. The first-order valence-corrected chi connectivity index (χ1v) is 9.88. The van der Waals surface area contributed by atoms with Gasteiger partial charge in [-0.2, -0.15) is 0 Å². The van der Waals surface area contributed by atoms with Crippen LogP contribution in [-0.4, -0.2) is 43.1 Å². The minimum Gasteiger partial charge on any atom is -0.351 e. The van der Waals surface area contributed by atoms with Crippen LogP contribution in [0.1, 0.15) is 15.9 Å². The molecule has 3 aromatic rings. The number of aryl methyl sites for hydroxylation is 1. The van der Waals surface area contributed by atoms with Gasteiger partial charge in [-0.15, -0.1) is 0 Å². The molecule has 1 aromatic carbocycles. The number of carbonyl (C=O) groups is 1. The van der Waals surface area contributed by atoms with Crippen molar-refractivity contribution in [2.75, 3.05) is 19.3 Å². The number of carbonyl (C=O) groups excluding carboxylic acids is 1. The first-order valence-electron chi connectivity index (χ1n) is 8.23. The summed E-state index contributed by atoms with van der Waals surface area (Å²) in [6.45, 7) is 1.83. The van der Waals surface area contributed by atoms with Crippen LogP contribution in [-0.2, 0) is 10.0 Å². The van der Waals surface area contributed by atoms with E-state index >= 15 is 0 Å². The number of imidazole rings is 1. The third-order valence-electron chi connectivity index (χ3n) is 4.13. The molecule has 0 spiro atoms. The molecule has 0 fully saturated rings. The third-order valence-corrected chi connectivity index (χ3v) is 5.50. The van der Waals surface area contributed by atoms with Crippen LogP contribution in [0.3, 0.4) is 0 Å². The third kappa shape index (κ3) is 4.32. The quantitative estimate of drug-likeness (QED) is 0.670. The van der Waals surface area contributed by atoms with Gasteiger partial charge in [-0.1, -0.05) is 0 Å². The number of halogens is 1. The molecule has 1 amide bonds. The highest BCUT2D eigenvalue weighted by atomic mass is 32.2. The van der Waals surface area contributed by atoms with E-state index < -0.39 is 21.7 Å². The SMILES string of the molecule is CNS(=O)(=O)CCNC(=O)c1cc(F)cc(-c2cc(C)c3nccn3c2)c1. The van der Waals surface area contributed by atoms with Gasteiger partial charge in [0, 0.05) is 30.7 Å². The summed E-state index contributed by atoms with van der Waals surface area (Å²) in [4.78, 5) is 16.5. The van der Waals surface area contributed by atoms with Crippen molar-refractivity contribution < 1.29 is 17.6 Å². The summed E-state index contributed by atoms with van der Waals surface area (Å²) >= 11 is 0. The monoisotopic (exact) mass is 390 g/mol. The topological polar surface area (TPSA) is 92.6 Å². The zero-order valence-corrected chi connectivity index (χ0v) is 15.7. The van der Waals surface area contributed by atoms with E-state index in [0.717, 1.165) is 22.8 Å². The summed E-state index contributed by atoms with van der Waals surface area (Å²) in [5, 5.41) is 2.49. The second-order valence-electron chi connectivity index (χ2n) is 6.08. The second kappa shape index (κ2) is 7.45. The molecule has 0 atom stereocenters. The zero-order valence-electron chi connectivity index (χ0n) is 14.9. The van der Waals surface area contributed by atoms with Crippen LogP contribution in [0.15, 0.2) is 42.9 Å². The largest absolute Gasteiger partial charge is 0.351 e. The molecular weight excluding hydrogens is 371 g/mol. The number of benzene rings is 1. The Hall–Kier alpha value is -2.78. The van der Waals surface area contributed by atoms with E-state index in [0.29, 0.717) is 5.56 Å². The lowest BCUT2D eigenvalue weighted by Crippen LogP contribution is -2.33. The highest BCUT2D eigenvalue weighted by Gasteiger charge is 2.13. The Morgan fingerprint density at radius 3 is 2.74 bits per heavy atom. The fourth-order valence-corrected chi connectivity index (χ4v) is 3.33. The molecule has 2 N–H and O–H groups in total. The lowest BCUT2D eigenvalue weighted by atomic mass is 10.0. The molecule has 0 radical (unpaired) electrons. The maximum Gasteiger partial charge on any atom is 0.251 e. The van der Waals surface area contributed by atoms with Gasteiger partial charge in [0.05, 0.1) is 5.75 Å². The standard InChI is InChI=1S/C18H19FN4O3S/c1-12-7-15(11-23-5-3-21-17(12)23)13-8-14(10-16(19)9-13)18(24)22-4-6-27(25,26)20-2/h3,5,7-11,20H,4,6H2,1-2H3,(H,22,24). The molecule has 0 bridgehead atoms. The van der Waals surface area contributed by atoms with Gasteiger partial charge in [-0.3, -0.25) is 4.79 Å². The van der Waals surface area contributed by atoms with Gasteiger partial charge >= 0.3 is 0 Å². The van der Waals surface area contributed by atoms with E-state index in [1.54, 1.807) is 18.5 Å². The second-order valence-corrected chi connectivity index (χ2v) is 8.12. The van der Waals surface area contributed by atoms with Crippen LogP contribution in [0.5, 0.6) is 0 Å². The Balaban J connectivity index is 1.86. The molecule has 7 nitrogen and oxygen atoms in total. The minimum absolute atomic E-state index is 0.0754. The summed E-state index contributed by atoms with van der Waals surface area (Å²) in [5.74, 6) is -1.35. The number of fused-ring (bicyclic) bond motifs is 1. The van der Waals surface area contributed by atoms with Crippen molar-refractivity contribution in [2.24, 2.45) is 0 Å². The summed E-state index contributed by atoms with van der Waals surface area (Å²) < 4.78 is 40.9. The van der Waals surface area contributed by atoms with Crippen molar-refractivity contribution in [3.05, 3.63) is 59.8 Å². The number of sulfonamides is 1. The van der Waals surface area contributed by atoms with Crippen molar-refractivity contribution in [2.45, 2.75) is 6.92 Å². The molecule has 0 unspecified atom stereocenters. The van der Waals surface area contributed by atoms with Crippen LogP contribution in [0.2, 0.25) is 0 Å². The molecule has 27 heavy (non-hydrogen) atoms. The Labute approximate surface area is 156 Å². The van der Waals surface area contributed by atoms with Crippen LogP contribution < -0.4 is 10.0 Å². The molecule has 0 saturated carbocycles. The lowest BCUT2D eigenvalue weighted by molar-refractivity contribution is 0.0955. The van der Waals surface area contributed by atoms with E-state index in [4.69, 9.17) is 0 Å². The number of aromatic nitrogens is 2. The van der Waals surface area contributed by atoms with Crippen LogP contribution >= 0.6 is 0 Å². The summed E-state index contributed by atoms with van der Waals surface area (Å²) in [6.07, 6.45) is 5.28. The van der Waals surface area contributed by atoms with Gasteiger partial charge in [0.2, 0.25) is 10.0 Å². The minimum atomic E-state index is -3.42. The van der Waals surface area contributed by atoms with E-state index in [-0.39, 0.29) is 17.9 Å². The molecule has 0 aliphatic carbocycles. The van der Waals surface area contributed by atoms with Crippen molar-refractivity contribution in [1.82, 2.24) is 19.4 Å². The molecule has 0 aliphatic heterocycles. The molecule has 0 aliphatic rings. The number of hydrogen-bond donors (Lipinski definition) is 2. The maximum atomic E-state index is 14.1. The number of pyridine rings is 1. The van der Waals surface area contributed by atoms with E-state index in [1.165, 1.54) is 13.1 Å². The summed E-state index contributed by atoms with van der Waals surface area (Å²) in [6, 6.07) is 5.91. The number of hydrogen-bond acceptors (Lipinski definition) is 4. The molecular formula is C18H19FN4O3S. The number of nitrogens with zero attached hydrogens (tertiary/aromatic N) is 2. The van der Waals surface area contributed by atoms with Gasteiger partial charge in [-0.25, -0.2) is 22.5 Å². The van der Waals surface area contributed by atoms with Gasteiger partial charge < -0.3 is 9.72 Å². The van der Waals surface area contributed by atoms with Gasteiger partial charge in [0.25, 0.3) is 5.91 Å². The Morgan fingerprint density at radius 2 is 2.00 bits per heavy atom. The molecule has 3 rings (SSSR count). The lowest BCUT2D eigenvalue weighted by Gasteiger charge is -2.10. The van der Waals surface area contributed by atoms with Crippen LogP contribution in [0, 0.1) is 12.7 Å². The van der Waals surface area contributed by atoms with Crippen LogP contribution in [0.25, 0.3) is 16.8 Å². The first-order chi connectivity index (χ1) is 12.8. The Bertz CT molecular complexity index is 1110. The Kier molecular flexibility index (Phi) is 5.24. The normalized spacial score (nSPS) is 11.7. The maximum absolute atomic E-state index is 14.1. The molecule has 2 aromatic heterocycles. The van der Waals surface area contributed by atoms with E-state index in [2.05, 4.69) is 15.0 Å². The van der Waals surface area contributed by atoms with Crippen molar-refractivity contribution in [3.8, 4) is 11.1 Å². The molecule has 2 heterocycles. The highest BCUT2D eigenvalue weighted by molar-refractivity contribution is 7.89. The molecule has 142 valence electrons. The number of rotatable bonds is 6. The predicted octanol–water partition coefficient (Wildman–Crippen LogP) is 1.73. The van der Waals surface area contributed by atoms with E-state index in [1.807, 2.05) is 23.6 Å². The zero-order chi connectivity index (χ0) is 19.6. The average molecular weight is 390 g/mol. The van der Waals surface area contributed by atoms with Crippen LogP contribution in [0.4, 0.5) is 4.39 Å². The van der Waals surface area contributed by atoms with E-state index in [9.17, 15) is 17.6 Å². The Morgan fingerprint density at radius 1 is 1.22 bits per heavy atom. The summed E-state index contributed by atoms with van der Waals surface area (Å²) in [7, 11) is -2.12. The summed E-state index contributed by atoms with van der Waals surface area (Å²) in [5.41, 5.74) is 3.13. The molecule has 0 saturated heterocycles. The first kappa shape index (κ1) is 19.0. The fraction of sp³-hybridized carbons (Fsp3) is 0.222. The van der Waals surface area contributed by atoms with Gasteiger partial charge in [-0.05, 0) is 54.9 Å². The highest BCUT2D eigenvalue weighted by Crippen LogP contribution is 2.24. The van der Waals surface area contributed by atoms with Gasteiger partial charge in [0.15, 0.2) is 0 Å². The van der Waals surface area contributed by atoms with Gasteiger partial charge in [0.1, 0.15) is 11.5 Å². The smallest absolute Gasteiger partial charge is 0.251 e. The molecule has 9 heteroatoms. The van der Waals surface area contributed by atoms with Crippen molar-refractivity contribution >= 4 is 21.6 Å². The average Bonchev–Trinajstić information content (AvgIpc) is 3.10. The predicted molar refractivity (Wildman–Crippen MR) is 101 cm³/mol.